The maximum Gasteiger partial charge on any atom is 0.237 e. The Kier molecular flexibility index (Phi) is 3.66. The van der Waals surface area contributed by atoms with Gasteiger partial charge in [-0.05, 0) is 17.7 Å². The van der Waals surface area contributed by atoms with Crippen LogP contribution < -0.4 is 10.6 Å². The zero-order valence-electron chi connectivity index (χ0n) is 11.4. The molecule has 2 aromatic carbocycles. The first kappa shape index (κ1) is 13.7. The minimum absolute atomic E-state index is 0.0531. The van der Waals surface area contributed by atoms with Crippen LogP contribution in [0.15, 0.2) is 53.4 Å². The fraction of sp³-hybridized carbons (Fsp3) is 0.125. The highest BCUT2D eigenvalue weighted by Gasteiger charge is 2.24. The highest BCUT2D eigenvalue weighted by atomic mass is 32.2. The summed E-state index contributed by atoms with van der Waals surface area (Å²) in [5.74, 6) is 0.648. The number of nitrogens with one attached hydrogen (secondary N) is 1. The van der Waals surface area contributed by atoms with Crippen LogP contribution in [0, 0.1) is 5.41 Å². The Bertz CT molecular complexity index is 697. The van der Waals surface area contributed by atoms with E-state index in [9.17, 15) is 4.79 Å². The van der Waals surface area contributed by atoms with Crippen molar-refractivity contribution >= 4 is 29.2 Å². The Morgan fingerprint density at radius 1 is 1.19 bits per heavy atom. The van der Waals surface area contributed by atoms with Crippen LogP contribution in [0.1, 0.15) is 11.1 Å². The average Bonchev–Trinajstić information content (AvgIpc) is 2.51. The van der Waals surface area contributed by atoms with Gasteiger partial charge in [-0.15, -0.1) is 11.8 Å². The second kappa shape index (κ2) is 5.61. The molecule has 3 N–H and O–H groups in total. The summed E-state index contributed by atoms with van der Waals surface area (Å²) >= 11 is 1.58. The van der Waals surface area contributed by atoms with Gasteiger partial charge >= 0.3 is 0 Å². The van der Waals surface area contributed by atoms with E-state index in [0.29, 0.717) is 17.9 Å². The van der Waals surface area contributed by atoms with Gasteiger partial charge in [0.15, 0.2) is 0 Å². The van der Waals surface area contributed by atoms with Crippen LogP contribution >= 0.6 is 11.8 Å². The summed E-state index contributed by atoms with van der Waals surface area (Å²) < 4.78 is 0. The van der Waals surface area contributed by atoms with E-state index in [2.05, 4.69) is 0 Å². The zero-order chi connectivity index (χ0) is 14.8. The number of amides is 1. The van der Waals surface area contributed by atoms with Crippen molar-refractivity contribution in [3.8, 4) is 0 Å². The van der Waals surface area contributed by atoms with Crippen LogP contribution in [-0.4, -0.2) is 17.5 Å². The molecule has 106 valence electrons. The van der Waals surface area contributed by atoms with E-state index in [1.165, 1.54) is 0 Å². The third-order valence-electron chi connectivity index (χ3n) is 3.41. The number of fused-ring (bicyclic) bond motifs is 1. The van der Waals surface area contributed by atoms with Crippen molar-refractivity contribution in [2.24, 2.45) is 5.73 Å². The number of hydrogen-bond acceptors (Lipinski definition) is 3. The highest BCUT2D eigenvalue weighted by molar-refractivity contribution is 8.00. The average molecular weight is 297 g/mol. The number of hydrogen-bond donors (Lipinski definition) is 2. The molecule has 21 heavy (non-hydrogen) atoms. The number of amidine groups is 1. The van der Waals surface area contributed by atoms with Gasteiger partial charge < -0.3 is 10.6 Å². The van der Waals surface area contributed by atoms with Crippen molar-refractivity contribution in [1.82, 2.24) is 0 Å². The molecule has 0 aliphatic carbocycles. The van der Waals surface area contributed by atoms with Crippen LogP contribution in [-0.2, 0) is 11.3 Å². The summed E-state index contributed by atoms with van der Waals surface area (Å²) in [6.45, 7) is 0.536. The topological polar surface area (TPSA) is 70.2 Å². The van der Waals surface area contributed by atoms with Crippen LogP contribution in [0.4, 0.5) is 5.69 Å². The Morgan fingerprint density at radius 2 is 1.90 bits per heavy atom. The number of nitrogen functional groups attached to an aromatic ring is 1. The molecule has 0 unspecified atom stereocenters. The molecule has 1 heterocycles. The van der Waals surface area contributed by atoms with Gasteiger partial charge in [0.05, 0.1) is 18.0 Å². The SMILES string of the molecule is N=C(N)c1ccc(CN2C(=O)CSc3ccccc32)cc1. The number of nitrogens with two attached hydrogens (primary N) is 1. The van der Waals surface area contributed by atoms with Crippen LogP contribution in [0.5, 0.6) is 0 Å². The minimum Gasteiger partial charge on any atom is -0.384 e. The van der Waals surface area contributed by atoms with Gasteiger partial charge in [-0.2, -0.15) is 0 Å². The van der Waals surface area contributed by atoms with Gasteiger partial charge in [-0.1, -0.05) is 36.4 Å². The van der Waals surface area contributed by atoms with Crippen molar-refractivity contribution in [3.05, 3.63) is 59.7 Å². The van der Waals surface area contributed by atoms with E-state index in [0.717, 1.165) is 16.1 Å². The molecule has 0 fully saturated rings. The van der Waals surface area contributed by atoms with E-state index >= 15 is 0 Å². The smallest absolute Gasteiger partial charge is 0.237 e. The van der Waals surface area contributed by atoms with Crippen LogP contribution in [0.3, 0.4) is 0 Å². The fourth-order valence-electron chi connectivity index (χ4n) is 2.30. The summed E-state index contributed by atoms with van der Waals surface area (Å²) in [7, 11) is 0. The van der Waals surface area contributed by atoms with Gasteiger partial charge in [-0.3, -0.25) is 10.2 Å². The van der Waals surface area contributed by atoms with E-state index in [1.807, 2.05) is 53.4 Å². The number of benzene rings is 2. The Hall–Kier alpha value is -2.27. The number of rotatable bonds is 3. The summed E-state index contributed by atoms with van der Waals surface area (Å²) in [5, 5.41) is 7.40. The number of carbonyl (C=O) groups excluding carboxylic acids is 1. The van der Waals surface area contributed by atoms with E-state index < -0.39 is 0 Å². The van der Waals surface area contributed by atoms with E-state index in [1.54, 1.807) is 11.8 Å². The minimum atomic E-state index is 0.0531. The Labute approximate surface area is 127 Å². The van der Waals surface area contributed by atoms with E-state index in [-0.39, 0.29) is 11.7 Å². The zero-order valence-corrected chi connectivity index (χ0v) is 12.2. The molecule has 0 atom stereocenters. The Morgan fingerprint density at radius 3 is 2.62 bits per heavy atom. The van der Waals surface area contributed by atoms with Gasteiger partial charge in [-0.25, -0.2) is 0 Å². The van der Waals surface area contributed by atoms with Crippen molar-refractivity contribution in [1.29, 1.82) is 5.41 Å². The molecular formula is C16H15N3OS. The molecule has 0 saturated heterocycles. The molecular weight excluding hydrogens is 282 g/mol. The molecule has 0 bridgehead atoms. The lowest BCUT2D eigenvalue weighted by atomic mass is 10.1. The second-order valence-corrected chi connectivity index (χ2v) is 5.86. The number of para-hydroxylation sites is 1. The summed E-state index contributed by atoms with van der Waals surface area (Å²) in [4.78, 5) is 15.1. The van der Waals surface area contributed by atoms with Crippen molar-refractivity contribution < 1.29 is 4.79 Å². The fourth-order valence-corrected chi connectivity index (χ4v) is 3.24. The highest BCUT2D eigenvalue weighted by Crippen LogP contribution is 2.35. The van der Waals surface area contributed by atoms with E-state index in [4.69, 9.17) is 11.1 Å². The number of carbonyl (C=O) groups is 1. The van der Waals surface area contributed by atoms with Gasteiger partial charge in [0.25, 0.3) is 0 Å². The third-order valence-corrected chi connectivity index (χ3v) is 4.46. The predicted octanol–water partition coefficient (Wildman–Crippen LogP) is 2.61. The number of anilines is 1. The first-order chi connectivity index (χ1) is 10.1. The lowest BCUT2D eigenvalue weighted by molar-refractivity contribution is -0.116. The van der Waals surface area contributed by atoms with Crippen LogP contribution in [0.2, 0.25) is 0 Å². The molecule has 0 saturated carbocycles. The summed E-state index contributed by atoms with van der Waals surface area (Å²) in [5.41, 5.74) is 8.13. The molecule has 5 heteroatoms. The monoisotopic (exact) mass is 297 g/mol. The normalized spacial score (nSPS) is 13.9. The maximum atomic E-state index is 12.2. The van der Waals surface area contributed by atoms with Gasteiger partial charge in [0.2, 0.25) is 5.91 Å². The first-order valence-corrected chi connectivity index (χ1v) is 7.59. The maximum absolute atomic E-state index is 12.2. The van der Waals surface area contributed by atoms with Crippen LogP contribution in [0.25, 0.3) is 0 Å². The van der Waals surface area contributed by atoms with Gasteiger partial charge in [0.1, 0.15) is 5.84 Å². The predicted molar refractivity (Wildman–Crippen MR) is 85.8 cm³/mol. The van der Waals surface area contributed by atoms with Crippen molar-refractivity contribution in [3.63, 3.8) is 0 Å². The first-order valence-electron chi connectivity index (χ1n) is 6.60. The van der Waals surface area contributed by atoms with Crippen molar-refractivity contribution in [2.45, 2.75) is 11.4 Å². The summed E-state index contributed by atoms with van der Waals surface area (Å²) in [6, 6.07) is 15.4. The Balaban J connectivity index is 1.87. The molecule has 3 rings (SSSR count). The molecule has 1 aliphatic heterocycles. The number of nitrogens with zero attached hydrogens (tertiary/aromatic N) is 1. The largest absolute Gasteiger partial charge is 0.384 e. The standard InChI is InChI=1S/C16H15N3OS/c17-16(18)12-7-5-11(6-8-12)9-19-13-3-1-2-4-14(13)21-10-15(19)20/h1-8H,9-10H2,(H3,17,18). The third kappa shape index (κ3) is 2.78. The quantitative estimate of drug-likeness (QED) is 0.676. The molecule has 1 aliphatic rings. The lowest BCUT2D eigenvalue weighted by Gasteiger charge is -2.29. The molecule has 0 radical (unpaired) electrons. The number of thioether (sulfide) groups is 1. The molecule has 1 amide bonds. The van der Waals surface area contributed by atoms with Crippen molar-refractivity contribution in [2.75, 3.05) is 10.7 Å². The summed E-state index contributed by atoms with van der Waals surface area (Å²) in [6.07, 6.45) is 0. The second-order valence-electron chi connectivity index (χ2n) is 4.85. The molecule has 0 aromatic heterocycles. The van der Waals surface area contributed by atoms with Gasteiger partial charge in [0, 0.05) is 10.5 Å². The lowest BCUT2D eigenvalue weighted by Crippen LogP contribution is -2.34. The molecule has 4 nitrogen and oxygen atoms in total. The molecule has 0 spiro atoms. The molecule has 2 aromatic rings.